The summed E-state index contributed by atoms with van der Waals surface area (Å²) in [5, 5.41) is 0. The minimum absolute atomic E-state index is 0.0156. The summed E-state index contributed by atoms with van der Waals surface area (Å²) in [4.78, 5) is 0. The lowest BCUT2D eigenvalue weighted by atomic mass is 9.81. The molecule has 0 spiro atoms. The van der Waals surface area contributed by atoms with E-state index in [2.05, 4.69) is 33.8 Å². The van der Waals surface area contributed by atoms with Gasteiger partial charge in [-0.2, -0.15) is 0 Å². The fourth-order valence-corrected chi connectivity index (χ4v) is 3.21. The van der Waals surface area contributed by atoms with Crippen LogP contribution >= 0.6 is 0 Å². The smallest absolute Gasteiger partial charge is 0.0699 e. The van der Waals surface area contributed by atoms with Crippen LogP contribution in [0.1, 0.15) is 47.0 Å². The van der Waals surface area contributed by atoms with Gasteiger partial charge < -0.3 is 10.5 Å². The summed E-state index contributed by atoms with van der Waals surface area (Å²) in [5.41, 5.74) is 7.44. The summed E-state index contributed by atoms with van der Waals surface area (Å²) in [7, 11) is 0. The molecule has 0 aromatic rings. The molecule has 86 valence electrons. The molecule has 2 aliphatic rings. The molecule has 1 saturated heterocycles. The Balaban J connectivity index is 2.20. The van der Waals surface area contributed by atoms with Gasteiger partial charge in [0.2, 0.25) is 0 Å². The molecule has 0 saturated carbocycles. The van der Waals surface area contributed by atoms with Crippen LogP contribution in [0, 0.1) is 5.92 Å². The molecule has 2 unspecified atom stereocenters. The topological polar surface area (TPSA) is 35.2 Å². The van der Waals surface area contributed by atoms with Gasteiger partial charge >= 0.3 is 0 Å². The predicted octanol–water partition coefficient (Wildman–Crippen LogP) is 2.63. The van der Waals surface area contributed by atoms with Gasteiger partial charge in [-0.15, -0.1) is 0 Å². The van der Waals surface area contributed by atoms with Crippen LogP contribution in [0.5, 0.6) is 0 Å². The lowest BCUT2D eigenvalue weighted by molar-refractivity contribution is -0.0715. The van der Waals surface area contributed by atoms with Crippen molar-refractivity contribution in [2.45, 2.75) is 64.2 Å². The molecule has 1 heterocycles. The van der Waals surface area contributed by atoms with Crippen molar-refractivity contribution >= 4 is 0 Å². The molecule has 0 bridgehead atoms. The van der Waals surface area contributed by atoms with Crippen LogP contribution in [0.2, 0.25) is 0 Å². The van der Waals surface area contributed by atoms with E-state index in [1.165, 1.54) is 5.57 Å². The Kier molecular flexibility index (Phi) is 2.47. The van der Waals surface area contributed by atoms with Crippen LogP contribution in [-0.4, -0.2) is 17.2 Å². The first-order chi connectivity index (χ1) is 6.80. The molecule has 1 aliphatic carbocycles. The van der Waals surface area contributed by atoms with Gasteiger partial charge in [-0.3, -0.25) is 0 Å². The second-order valence-corrected chi connectivity index (χ2v) is 6.17. The number of nitrogens with two attached hydrogens (primary N) is 1. The average Bonchev–Trinajstić information content (AvgIpc) is 2.52. The van der Waals surface area contributed by atoms with E-state index in [1.54, 1.807) is 0 Å². The molecule has 2 heteroatoms. The van der Waals surface area contributed by atoms with E-state index in [9.17, 15) is 0 Å². The molecule has 2 atom stereocenters. The van der Waals surface area contributed by atoms with Crippen LogP contribution in [0.4, 0.5) is 0 Å². The number of rotatable bonds is 1. The third-order valence-corrected chi connectivity index (χ3v) is 3.72. The lowest BCUT2D eigenvalue weighted by Gasteiger charge is -2.28. The summed E-state index contributed by atoms with van der Waals surface area (Å²) in [5.74, 6) is 0.557. The van der Waals surface area contributed by atoms with E-state index in [-0.39, 0.29) is 17.2 Å². The van der Waals surface area contributed by atoms with Gasteiger partial charge in [-0.05, 0) is 47.0 Å². The predicted molar refractivity (Wildman–Crippen MR) is 62.6 cm³/mol. The maximum absolute atomic E-state index is 6.11. The molecule has 2 N–H and O–H groups in total. The van der Waals surface area contributed by atoms with Gasteiger partial charge in [0, 0.05) is 12.0 Å². The van der Waals surface area contributed by atoms with Gasteiger partial charge in [0.05, 0.1) is 11.2 Å². The molecule has 0 radical (unpaired) electrons. The first kappa shape index (κ1) is 11.2. The van der Waals surface area contributed by atoms with Gasteiger partial charge in [-0.1, -0.05) is 11.6 Å². The van der Waals surface area contributed by atoms with E-state index in [0.29, 0.717) is 5.92 Å². The highest BCUT2D eigenvalue weighted by Gasteiger charge is 2.47. The van der Waals surface area contributed by atoms with E-state index in [0.717, 1.165) is 19.3 Å². The number of hydrogen-bond donors (Lipinski definition) is 1. The molecular formula is C13H23NO. The Hall–Kier alpha value is -0.340. The zero-order valence-corrected chi connectivity index (χ0v) is 10.3. The third kappa shape index (κ3) is 2.11. The van der Waals surface area contributed by atoms with Crippen molar-refractivity contribution < 1.29 is 4.74 Å². The van der Waals surface area contributed by atoms with Gasteiger partial charge in [0.25, 0.3) is 0 Å². The molecule has 1 fully saturated rings. The van der Waals surface area contributed by atoms with Crippen LogP contribution in [0.25, 0.3) is 0 Å². The fraction of sp³-hybridized carbons (Fsp3) is 0.846. The van der Waals surface area contributed by atoms with Crippen LogP contribution in [0.3, 0.4) is 0 Å². The number of ether oxygens (including phenoxy) is 1. The molecule has 1 aliphatic heterocycles. The molecule has 0 aromatic heterocycles. The molecule has 15 heavy (non-hydrogen) atoms. The summed E-state index contributed by atoms with van der Waals surface area (Å²) < 4.78 is 6.11. The monoisotopic (exact) mass is 209 g/mol. The Morgan fingerprint density at radius 1 is 1.33 bits per heavy atom. The van der Waals surface area contributed by atoms with Gasteiger partial charge in [0.15, 0.2) is 0 Å². The van der Waals surface area contributed by atoms with Crippen LogP contribution in [0.15, 0.2) is 11.6 Å². The average molecular weight is 209 g/mol. The van der Waals surface area contributed by atoms with E-state index in [4.69, 9.17) is 10.5 Å². The van der Waals surface area contributed by atoms with E-state index < -0.39 is 0 Å². The van der Waals surface area contributed by atoms with Crippen molar-refractivity contribution in [3.8, 4) is 0 Å². The second-order valence-electron chi connectivity index (χ2n) is 6.17. The normalized spacial score (nSPS) is 38.1. The van der Waals surface area contributed by atoms with Crippen molar-refractivity contribution in [3.05, 3.63) is 11.6 Å². The first-order valence-corrected chi connectivity index (χ1v) is 5.96. The Morgan fingerprint density at radius 3 is 2.40 bits per heavy atom. The van der Waals surface area contributed by atoms with Crippen molar-refractivity contribution in [1.82, 2.24) is 0 Å². The SMILES string of the molecule is CC1(C)CC(C2=CC(N)CC2)C(C)(C)O1. The summed E-state index contributed by atoms with van der Waals surface area (Å²) in [6, 6.07) is 0.277. The summed E-state index contributed by atoms with van der Waals surface area (Å²) >= 11 is 0. The highest BCUT2D eigenvalue weighted by molar-refractivity contribution is 5.22. The Labute approximate surface area is 92.9 Å². The highest BCUT2D eigenvalue weighted by atomic mass is 16.5. The molecule has 0 amide bonds. The van der Waals surface area contributed by atoms with Crippen molar-refractivity contribution in [3.63, 3.8) is 0 Å². The van der Waals surface area contributed by atoms with Crippen molar-refractivity contribution in [2.75, 3.05) is 0 Å². The maximum Gasteiger partial charge on any atom is 0.0699 e. The standard InChI is InChI=1S/C13H23NO/c1-12(2)8-11(13(3,4)15-12)9-5-6-10(14)7-9/h7,10-11H,5-6,8,14H2,1-4H3. The zero-order chi connectivity index (χ0) is 11.3. The van der Waals surface area contributed by atoms with Crippen molar-refractivity contribution in [1.29, 1.82) is 0 Å². The first-order valence-electron chi connectivity index (χ1n) is 5.96. The van der Waals surface area contributed by atoms with Crippen molar-refractivity contribution in [2.24, 2.45) is 11.7 Å². The Morgan fingerprint density at radius 2 is 2.00 bits per heavy atom. The second kappa shape index (κ2) is 3.33. The molecular weight excluding hydrogens is 186 g/mol. The van der Waals surface area contributed by atoms with Gasteiger partial charge in [0.1, 0.15) is 0 Å². The summed E-state index contributed by atoms with van der Waals surface area (Å²) in [6.45, 7) is 8.78. The van der Waals surface area contributed by atoms with Crippen LogP contribution in [-0.2, 0) is 4.74 Å². The highest BCUT2D eigenvalue weighted by Crippen LogP contribution is 2.47. The van der Waals surface area contributed by atoms with Crippen LogP contribution < -0.4 is 5.73 Å². The number of hydrogen-bond acceptors (Lipinski definition) is 2. The minimum Gasteiger partial charge on any atom is -0.369 e. The maximum atomic E-state index is 6.11. The zero-order valence-electron chi connectivity index (χ0n) is 10.3. The summed E-state index contributed by atoms with van der Waals surface area (Å²) in [6.07, 6.45) is 5.66. The molecule has 2 rings (SSSR count). The Bertz CT molecular complexity index is 291. The minimum atomic E-state index is -0.0284. The quantitative estimate of drug-likeness (QED) is 0.674. The fourth-order valence-electron chi connectivity index (χ4n) is 3.21. The largest absolute Gasteiger partial charge is 0.369 e. The van der Waals surface area contributed by atoms with E-state index >= 15 is 0 Å². The van der Waals surface area contributed by atoms with E-state index in [1.807, 2.05) is 0 Å². The molecule has 2 nitrogen and oxygen atoms in total. The third-order valence-electron chi connectivity index (χ3n) is 3.72. The lowest BCUT2D eigenvalue weighted by Crippen LogP contribution is -2.30. The van der Waals surface area contributed by atoms with Gasteiger partial charge in [-0.25, -0.2) is 0 Å². The molecule has 0 aromatic carbocycles.